The Morgan fingerprint density at radius 1 is 0.871 bits per heavy atom. The van der Waals surface area contributed by atoms with Crippen LogP contribution in [0.15, 0.2) is 79.4 Å². The Hall–Kier alpha value is -3.73. The molecule has 1 aromatic carbocycles. The van der Waals surface area contributed by atoms with Crippen LogP contribution >= 0.6 is 0 Å². The third-order valence-corrected chi connectivity index (χ3v) is 5.98. The molecule has 5 nitrogen and oxygen atoms in total. The highest BCUT2D eigenvalue weighted by Gasteiger charge is 2.24. The lowest BCUT2D eigenvalue weighted by Crippen LogP contribution is -2.16. The molecule has 1 aliphatic rings. The van der Waals surface area contributed by atoms with E-state index < -0.39 is 0 Å². The van der Waals surface area contributed by atoms with Crippen LogP contribution in [0.25, 0.3) is 33.4 Å². The van der Waals surface area contributed by atoms with Crippen LogP contribution < -0.4 is 5.73 Å². The van der Waals surface area contributed by atoms with E-state index in [9.17, 15) is 0 Å². The molecule has 5 heteroatoms. The van der Waals surface area contributed by atoms with Gasteiger partial charge in [0.2, 0.25) is 0 Å². The van der Waals surface area contributed by atoms with Gasteiger partial charge in [0.05, 0.1) is 11.1 Å². The summed E-state index contributed by atoms with van der Waals surface area (Å²) >= 11 is 0. The van der Waals surface area contributed by atoms with E-state index in [0.717, 1.165) is 39.0 Å². The van der Waals surface area contributed by atoms with Crippen LogP contribution in [0.3, 0.4) is 0 Å². The summed E-state index contributed by atoms with van der Waals surface area (Å²) in [5.41, 5.74) is 12.5. The zero-order chi connectivity index (χ0) is 21.2. The third kappa shape index (κ3) is 3.75. The minimum Gasteiger partial charge on any atom is -0.383 e. The van der Waals surface area contributed by atoms with Gasteiger partial charge in [-0.3, -0.25) is 4.98 Å². The van der Waals surface area contributed by atoms with Crippen molar-refractivity contribution in [3.63, 3.8) is 0 Å². The van der Waals surface area contributed by atoms with E-state index in [4.69, 9.17) is 10.7 Å². The Morgan fingerprint density at radius 2 is 1.68 bits per heavy atom. The van der Waals surface area contributed by atoms with Gasteiger partial charge in [0.1, 0.15) is 17.8 Å². The fourth-order valence-corrected chi connectivity index (χ4v) is 4.01. The fourth-order valence-electron chi connectivity index (χ4n) is 4.01. The maximum atomic E-state index is 6.32. The molecule has 4 aromatic rings. The Balaban J connectivity index is 1.70. The number of aryl methyl sites for hydroxylation is 1. The molecule has 3 heterocycles. The number of nitrogens with two attached hydrogens (primary N) is 1. The van der Waals surface area contributed by atoms with Crippen LogP contribution in [0, 0.1) is 6.92 Å². The first kappa shape index (κ1) is 19.2. The minimum atomic E-state index is 0.484. The lowest BCUT2D eigenvalue weighted by molar-refractivity contribution is 0.320. The quantitative estimate of drug-likeness (QED) is 0.459. The molecule has 5 rings (SSSR count). The van der Waals surface area contributed by atoms with Gasteiger partial charge in [-0.15, -0.1) is 0 Å². The number of rotatable bonds is 3. The second-order valence-electron chi connectivity index (χ2n) is 8.05. The van der Waals surface area contributed by atoms with E-state index in [-0.39, 0.29) is 0 Å². The van der Waals surface area contributed by atoms with Crippen molar-refractivity contribution >= 4 is 16.9 Å². The van der Waals surface area contributed by atoms with Gasteiger partial charge in [-0.2, -0.15) is 0 Å². The maximum absolute atomic E-state index is 6.32. The molecule has 1 fully saturated rings. The van der Waals surface area contributed by atoms with Gasteiger partial charge < -0.3 is 10.3 Å². The van der Waals surface area contributed by atoms with Crippen molar-refractivity contribution in [3.8, 4) is 22.4 Å². The molecular weight excluding hydrogens is 382 g/mol. The molecule has 0 radical (unpaired) electrons. The minimum absolute atomic E-state index is 0.484. The van der Waals surface area contributed by atoms with Gasteiger partial charge in [-0.1, -0.05) is 54.1 Å². The van der Waals surface area contributed by atoms with Crippen LogP contribution in [0.2, 0.25) is 0 Å². The molecule has 0 bridgehead atoms. The normalized spacial score (nSPS) is 13.6. The first-order valence-electron chi connectivity index (χ1n) is 10.7. The van der Waals surface area contributed by atoms with Gasteiger partial charge in [0, 0.05) is 29.6 Å². The van der Waals surface area contributed by atoms with Gasteiger partial charge in [0.25, 0.3) is 0 Å². The lowest BCUT2D eigenvalue weighted by Gasteiger charge is -2.27. The van der Waals surface area contributed by atoms with Crippen LogP contribution in [0.5, 0.6) is 0 Å². The molecular formula is C26H25N5. The SMILES string of the molecule is Cc1ccc(-c2cn(C3CCC3)c3ncnc(N)c23)ccnc(-c2ccccc2)cc1. The van der Waals surface area contributed by atoms with Crippen molar-refractivity contribution < 1.29 is 0 Å². The number of nitrogen functional groups attached to an aromatic ring is 1. The van der Waals surface area contributed by atoms with E-state index in [0.29, 0.717) is 11.9 Å². The predicted molar refractivity (Wildman–Crippen MR) is 126 cm³/mol. The third-order valence-electron chi connectivity index (χ3n) is 5.98. The average molecular weight is 408 g/mol. The summed E-state index contributed by atoms with van der Waals surface area (Å²) in [7, 11) is 0. The number of hydrogen-bond acceptors (Lipinski definition) is 4. The second kappa shape index (κ2) is 8.19. The van der Waals surface area contributed by atoms with Crippen LogP contribution in [-0.4, -0.2) is 19.5 Å². The molecule has 0 spiro atoms. The fraction of sp³-hybridized carbons (Fsp3) is 0.192. The van der Waals surface area contributed by atoms with E-state index in [1.54, 1.807) is 6.33 Å². The molecule has 3 aromatic heterocycles. The molecule has 2 N–H and O–H groups in total. The van der Waals surface area contributed by atoms with Gasteiger partial charge in [-0.05, 0) is 43.9 Å². The highest BCUT2D eigenvalue weighted by atomic mass is 15.1. The molecule has 1 saturated carbocycles. The van der Waals surface area contributed by atoms with Crippen molar-refractivity contribution in [2.45, 2.75) is 32.2 Å². The number of hydrogen-bond donors (Lipinski definition) is 1. The van der Waals surface area contributed by atoms with Crippen LogP contribution in [0.4, 0.5) is 5.82 Å². The van der Waals surface area contributed by atoms with Gasteiger partial charge >= 0.3 is 0 Å². The van der Waals surface area contributed by atoms with Crippen LogP contribution in [0.1, 0.15) is 30.9 Å². The smallest absolute Gasteiger partial charge is 0.146 e. The van der Waals surface area contributed by atoms with E-state index in [1.165, 1.54) is 19.3 Å². The Bertz CT molecular complexity index is 1290. The topological polar surface area (TPSA) is 69.6 Å². The number of anilines is 1. The lowest BCUT2D eigenvalue weighted by atomic mass is 9.93. The van der Waals surface area contributed by atoms with Gasteiger partial charge in [-0.25, -0.2) is 9.97 Å². The van der Waals surface area contributed by atoms with Crippen molar-refractivity contribution in [2.24, 2.45) is 0 Å². The summed E-state index contributed by atoms with van der Waals surface area (Å²) in [6.45, 7) is 2.09. The average Bonchev–Trinajstić information content (AvgIpc) is 3.12. The molecule has 31 heavy (non-hydrogen) atoms. The summed E-state index contributed by atoms with van der Waals surface area (Å²) < 4.78 is 2.27. The highest BCUT2D eigenvalue weighted by molar-refractivity contribution is 6.00. The van der Waals surface area contributed by atoms with Crippen molar-refractivity contribution in [1.29, 1.82) is 0 Å². The standard InChI is InChI=1S/C26H25N5/c1-18-10-12-19(14-15-28-23(13-11-18)20-6-3-2-4-7-20)22-16-31(21-8-5-9-21)26-24(22)25(27)29-17-30-26/h2-4,6-7,10-17,21H,5,8-9H2,1H3,(H2,27,29,30). The summed E-state index contributed by atoms with van der Waals surface area (Å²) in [4.78, 5) is 13.6. The van der Waals surface area contributed by atoms with Crippen molar-refractivity contribution in [2.75, 3.05) is 5.73 Å². The molecule has 0 saturated heterocycles. The van der Waals surface area contributed by atoms with E-state index in [2.05, 4.69) is 64.1 Å². The molecule has 0 atom stereocenters. The molecule has 0 amide bonds. The largest absolute Gasteiger partial charge is 0.383 e. The van der Waals surface area contributed by atoms with Crippen molar-refractivity contribution in [1.82, 2.24) is 19.5 Å². The first-order valence-corrected chi connectivity index (χ1v) is 10.7. The monoisotopic (exact) mass is 407 g/mol. The molecule has 1 aliphatic carbocycles. The zero-order valence-electron chi connectivity index (χ0n) is 17.6. The Morgan fingerprint density at radius 3 is 2.45 bits per heavy atom. The molecule has 0 aliphatic heterocycles. The van der Waals surface area contributed by atoms with E-state index in [1.807, 2.05) is 30.5 Å². The maximum Gasteiger partial charge on any atom is 0.146 e. The van der Waals surface area contributed by atoms with Crippen LogP contribution in [-0.2, 0) is 0 Å². The Kier molecular flexibility index (Phi) is 5.08. The number of fused-ring (bicyclic) bond motifs is 1. The second-order valence-corrected chi connectivity index (χ2v) is 8.05. The predicted octanol–water partition coefficient (Wildman–Crippen LogP) is 5.90. The summed E-state index contributed by atoms with van der Waals surface area (Å²) in [5, 5.41) is 0.913. The van der Waals surface area contributed by atoms with Crippen molar-refractivity contribution in [3.05, 3.63) is 84.9 Å². The Labute approximate surface area is 182 Å². The zero-order valence-corrected chi connectivity index (χ0v) is 17.6. The first-order chi connectivity index (χ1) is 15.2. The van der Waals surface area contributed by atoms with Gasteiger partial charge in [0.15, 0.2) is 0 Å². The summed E-state index contributed by atoms with van der Waals surface area (Å²) in [6.07, 6.45) is 9.21. The molecule has 154 valence electrons. The van der Waals surface area contributed by atoms with E-state index >= 15 is 0 Å². The number of nitrogens with zero attached hydrogens (tertiary/aromatic N) is 4. The summed E-state index contributed by atoms with van der Waals surface area (Å²) in [5.74, 6) is 0.513. The molecule has 0 unspecified atom stereocenters. The highest BCUT2D eigenvalue weighted by Crippen LogP contribution is 2.39. The number of benzene rings is 1. The summed E-state index contributed by atoms with van der Waals surface area (Å²) in [6, 6.07) is 21.1. The number of aromatic nitrogens is 4.